The van der Waals surface area contributed by atoms with Gasteiger partial charge in [0.05, 0.1) is 12.2 Å². The van der Waals surface area contributed by atoms with Gasteiger partial charge in [0.25, 0.3) is 0 Å². The van der Waals surface area contributed by atoms with Gasteiger partial charge in [-0.3, -0.25) is 9.69 Å². The van der Waals surface area contributed by atoms with Crippen molar-refractivity contribution in [3.05, 3.63) is 45.2 Å². The second-order valence-corrected chi connectivity index (χ2v) is 7.07. The highest BCUT2D eigenvalue weighted by atomic mass is 16.5. The molecule has 0 radical (unpaired) electrons. The van der Waals surface area contributed by atoms with Crippen molar-refractivity contribution in [2.45, 2.75) is 59.0 Å². The van der Waals surface area contributed by atoms with Gasteiger partial charge in [-0.05, 0) is 57.9 Å². The molecule has 0 saturated carbocycles. The number of ether oxygens (including phenoxy) is 1. The molecule has 2 aromatic rings. The lowest BCUT2D eigenvalue weighted by Gasteiger charge is -2.35. The van der Waals surface area contributed by atoms with Crippen molar-refractivity contribution < 1.29 is 9.53 Å². The van der Waals surface area contributed by atoms with E-state index in [2.05, 4.69) is 16.8 Å². The third kappa shape index (κ3) is 3.68. The molecule has 1 atom stereocenters. The number of aryl methyl sites for hydroxylation is 1. The summed E-state index contributed by atoms with van der Waals surface area (Å²) >= 11 is 0. The number of fused-ring (bicyclic) bond motifs is 1. The van der Waals surface area contributed by atoms with Crippen LogP contribution in [0.25, 0.3) is 10.9 Å². The van der Waals surface area contributed by atoms with Gasteiger partial charge in [0, 0.05) is 34.7 Å². The zero-order valence-corrected chi connectivity index (χ0v) is 15.9. The maximum Gasteiger partial charge on any atom is 0.338 e. The van der Waals surface area contributed by atoms with Gasteiger partial charge in [-0.25, -0.2) is 4.79 Å². The van der Waals surface area contributed by atoms with Crippen LogP contribution in [0.4, 0.5) is 0 Å². The minimum absolute atomic E-state index is 0.0165. The van der Waals surface area contributed by atoms with E-state index in [9.17, 15) is 9.59 Å². The van der Waals surface area contributed by atoms with E-state index >= 15 is 0 Å². The van der Waals surface area contributed by atoms with Crippen LogP contribution in [0.15, 0.2) is 23.0 Å². The van der Waals surface area contributed by atoms with E-state index in [4.69, 9.17) is 4.74 Å². The zero-order valence-electron chi connectivity index (χ0n) is 15.9. The highest BCUT2D eigenvalue weighted by Crippen LogP contribution is 2.22. The van der Waals surface area contributed by atoms with E-state index in [0.717, 1.165) is 29.7 Å². The summed E-state index contributed by atoms with van der Waals surface area (Å²) in [4.78, 5) is 30.9. The monoisotopic (exact) mass is 356 g/mol. The molecule has 0 aliphatic carbocycles. The van der Waals surface area contributed by atoms with Crippen LogP contribution in [-0.2, 0) is 11.3 Å². The summed E-state index contributed by atoms with van der Waals surface area (Å²) in [6.45, 7) is 7.97. The number of pyridine rings is 1. The summed E-state index contributed by atoms with van der Waals surface area (Å²) in [7, 11) is 0. The highest BCUT2D eigenvalue weighted by Gasteiger charge is 2.23. The molecule has 3 rings (SSSR count). The number of carbonyl (C=O) groups is 1. The van der Waals surface area contributed by atoms with E-state index < -0.39 is 5.97 Å². The van der Waals surface area contributed by atoms with Crippen LogP contribution >= 0.6 is 0 Å². The Morgan fingerprint density at radius 1 is 1.31 bits per heavy atom. The molecule has 0 spiro atoms. The molecular formula is C21H28N2O3. The molecule has 26 heavy (non-hydrogen) atoms. The number of esters is 1. The average Bonchev–Trinajstić information content (AvgIpc) is 2.65. The molecule has 0 unspecified atom stereocenters. The van der Waals surface area contributed by atoms with Crippen molar-refractivity contribution in [2.75, 3.05) is 13.2 Å². The van der Waals surface area contributed by atoms with Gasteiger partial charge in [-0.15, -0.1) is 0 Å². The van der Waals surface area contributed by atoms with Crippen LogP contribution in [0.2, 0.25) is 0 Å². The molecule has 0 bridgehead atoms. The van der Waals surface area contributed by atoms with Crippen LogP contribution < -0.4 is 5.43 Å². The first-order chi connectivity index (χ1) is 12.5. The van der Waals surface area contributed by atoms with Crippen LogP contribution in [-0.4, -0.2) is 35.0 Å². The molecular weight excluding hydrogens is 328 g/mol. The van der Waals surface area contributed by atoms with Gasteiger partial charge >= 0.3 is 5.97 Å². The van der Waals surface area contributed by atoms with Gasteiger partial charge in [0.15, 0.2) is 5.43 Å². The first-order valence-corrected chi connectivity index (χ1v) is 9.61. The SMILES string of the molecule is CCOC(=O)c1ccc2[nH]c(C)c(CN3CCCC[C@@H]3CC)c(=O)c2c1. The average molecular weight is 356 g/mol. The molecule has 1 fully saturated rings. The van der Waals surface area contributed by atoms with Crippen molar-refractivity contribution >= 4 is 16.9 Å². The smallest absolute Gasteiger partial charge is 0.338 e. The fourth-order valence-corrected chi connectivity index (χ4v) is 3.92. The summed E-state index contributed by atoms with van der Waals surface area (Å²) < 4.78 is 5.06. The van der Waals surface area contributed by atoms with Gasteiger partial charge < -0.3 is 9.72 Å². The predicted octanol–water partition coefficient (Wildman–Crippen LogP) is 3.78. The fourth-order valence-electron chi connectivity index (χ4n) is 3.92. The molecule has 1 aromatic heterocycles. The first-order valence-electron chi connectivity index (χ1n) is 9.61. The number of nitrogens with one attached hydrogen (secondary N) is 1. The normalized spacial score (nSPS) is 18.2. The van der Waals surface area contributed by atoms with E-state index in [1.807, 2.05) is 6.92 Å². The van der Waals surface area contributed by atoms with E-state index in [-0.39, 0.29) is 5.43 Å². The molecule has 0 amide bonds. The third-order valence-corrected chi connectivity index (χ3v) is 5.41. The lowest BCUT2D eigenvalue weighted by molar-refractivity contribution is 0.0526. The molecule has 1 aliphatic heterocycles. The Hall–Kier alpha value is -2.14. The molecule has 140 valence electrons. The number of rotatable bonds is 5. The summed E-state index contributed by atoms with van der Waals surface area (Å²) in [6.07, 6.45) is 4.77. The third-order valence-electron chi connectivity index (χ3n) is 5.41. The first kappa shape index (κ1) is 18.6. The van der Waals surface area contributed by atoms with E-state index in [1.54, 1.807) is 25.1 Å². The summed E-state index contributed by atoms with van der Waals surface area (Å²) in [5, 5.41) is 0.557. The Balaban J connectivity index is 1.99. The maximum atomic E-state index is 13.2. The van der Waals surface area contributed by atoms with E-state index in [1.165, 1.54) is 19.3 Å². The topological polar surface area (TPSA) is 62.4 Å². The molecule has 2 heterocycles. The number of likely N-dealkylation sites (tertiary alicyclic amines) is 1. The number of H-pyrrole nitrogens is 1. The van der Waals surface area contributed by atoms with Crippen molar-refractivity contribution in [1.29, 1.82) is 0 Å². The Morgan fingerprint density at radius 2 is 2.12 bits per heavy atom. The lowest BCUT2D eigenvalue weighted by atomic mass is 9.98. The number of aromatic nitrogens is 1. The zero-order chi connectivity index (χ0) is 18.7. The Labute approximate surface area is 154 Å². The van der Waals surface area contributed by atoms with Crippen LogP contribution in [0.3, 0.4) is 0 Å². The highest BCUT2D eigenvalue weighted by molar-refractivity contribution is 5.94. The molecule has 5 heteroatoms. The van der Waals surface area contributed by atoms with E-state index in [0.29, 0.717) is 30.1 Å². The van der Waals surface area contributed by atoms with Crippen LogP contribution in [0.5, 0.6) is 0 Å². The Kier molecular flexibility index (Phi) is 5.77. The number of nitrogens with zero attached hydrogens (tertiary/aromatic N) is 1. The number of piperidine rings is 1. The molecule has 1 aromatic carbocycles. The second-order valence-electron chi connectivity index (χ2n) is 7.07. The minimum atomic E-state index is -0.391. The van der Waals surface area contributed by atoms with Crippen LogP contribution in [0, 0.1) is 6.92 Å². The number of benzene rings is 1. The van der Waals surface area contributed by atoms with Crippen molar-refractivity contribution in [1.82, 2.24) is 9.88 Å². The van der Waals surface area contributed by atoms with Crippen molar-refractivity contribution in [3.8, 4) is 0 Å². The van der Waals surface area contributed by atoms with Gasteiger partial charge in [-0.1, -0.05) is 13.3 Å². The largest absolute Gasteiger partial charge is 0.462 e. The second kappa shape index (κ2) is 8.04. The maximum absolute atomic E-state index is 13.2. The fraction of sp³-hybridized carbons (Fsp3) is 0.524. The molecule has 1 saturated heterocycles. The summed E-state index contributed by atoms with van der Waals surface area (Å²) in [6, 6.07) is 5.69. The molecule has 1 N–H and O–H groups in total. The van der Waals surface area contributed by atoms with Gasteiger partial charge in [0.2, 0.25) is 0 Å². The number of hydrogen-bond acceptors (Lipinski definition) is 4. The van der Waals surface area contributed by atoms with Crippen LogP contribution in [0.1, 0.15) is 61.1 Å². The Morgan fingerprint density at radius 3 is 2.85 bits per heavy atom. The van der Waals surface area contributed by atoms with Gasteiger partial charge in [-0.2, -0.15) is 0 Å². The minimum Gasteiger partial charge on any atom is -0.462 e. The molecule has 1 aliphatic rings. The van der Waals surface area contributed by atoms with Crippen molar-refractivity contribution in [2.24, 2.45) is 0 Å². The lowest BCUT2D eigenvalue weighted by Crippen LogP contribution is -2.39. The van der Waals surface area contributed by atoms with Gasteiger partial charge in [0.1, 0.15) is 0 Å². The Bertz CT molecular complexity index is 856. The standard InChI is InChI=1S/C21H28N2O3/c1-4-16-8-6-7-11-23(16)13-18-14(3)22-19-10-9-15(21(25)26-5-2)12-17(19)20(18)24/h9-10,12,16H,4-8,11,13H2,1-3H3,(H,22,24)/t16-/m0/s1. The van der Waals surface area contributed by atoms with Crippen molar-refractivity contribution in [3.63, 3.8) is 0 Å². The number of hydrogen-bond donors (Lipinski definition) is 1. The summed E-state index contributed by atoms with van der Waals surface area (Å²) in [5.74, 6) is -0.391. The summed E-state index contributed by atoms with van der Waals surface area (Å²) in [5.41, 5.74) is 2.91. The number of aromatic amines is 1. The predicted molar refractivity (Wildman–Crippen MR) is 104 cm³/mol. The molecule has 5 nitrogen and oxygen atoms in total. The quantitative estimate of drug-likeness (QED) is 0.828. The number of carbonyl (C=O) groups excluding carboxylic acids is 1.